The maximum Gasteiger partial charge on any atom is 0.192 e. The van der Waals surface area contributed by atoms with Crippen molar-refractivity contribution in [3.63, 3.8) is 0 Å². The molecular formula is C16H30N4S2. The molecule has 0 unspecified atom stereocenters. The van der Waals surface area contributed by atoms with Crippen molar-refractivity contribution in [3.05, 3.63) is 0 Å². The van der Waals surface area contributed by atoms with E-state index in [1.807, 2.05) is 0 Å². The smallest absolute Gasteiger partial charge is 0.192 e. The number of fused-ring (bicyclic) bond motifs is 1. The first-order valence-corrected chi connectivity index (χ1v) is 9.09. The van der Waals surface area contributed by atoms with E-state index in [-0.39, 0.29) is 11.3 Å². The summed E-state index contributed by atoms with van der Waals surface area (Å²) in [6.07, 6.45) is 0. The maximum absolute atomic E-state index is 5.76. The lowest BCUT2D eigenvalue weighted by Crippen LogP contribution is -2.62. The van der Waals surface area contributed by atoms with Crippen LogP contribution < -0.4 is 10.6 Å². The molecule has 2 rings (SSSR count). The molecule has 0 amide bonds. The monoisotopic (exact) mass is 342 g/mol. The van der Waals surface area contributed by atoms with Crippen LogP contribution >= 0.6 is 24.4 Å². The predicted molar refractivity (Wildman–Crippen MR) is 100.0 cm³/mol. The molecule has 0 atom stereocenters. The van der Waals surface area contributed by atoms with Crippen LogP contribution in [0.2, 0.25) is 0 Å². The molecule has 126 valence electrons. The van der Waals surface area contributed by atoms with Crippen LogP contribution in [0.25, 0.3) is 0 Å². The van der Waals surface area contributed by atoms with Crippen LogP contribution in [0, 0.1) is 23.7 Å². The summed E-state index contributed by atoms with van der Waals surface area (Å²) in [4.78, 5) is 0. The van der Waals surface area contributed by atoms with Crippen molar-refractivity contribution in [2.24, 2.45) is 23.7 Å². The Labute approximate surface area is 146 Å². The first-order valence-electron chi connectivity index (χ1n) is 8.28. The van der Waals surface area contributed by atoms with E-state index in [4.69, 9.17) is 24.4 Å². The second-order valence-corrected chi connectivity index (χ2v) is 8.53. The highest BCUT2D eigenvalue weighted by atomic mass is 32.1. The largest absolute Gasteiger partial charge is 0.336 e. The second-order valence-electron chi connectivity index (χ2n) is 7.75. The van der Waals surface area contributed by atoms with Crippen molar-refractivity contribution in [1.29, 1.82) is 0 Å². The molecular weight excluding hydrogens is 312 g/mol. The molecule has 0 spiro atoms. The van der Waals surface area contributed by atoms with Crippen LogP contribution in [0.5, 0.6) is 0 Å². The Balaban J connectivity index is 2.63. The van der Waals surface area contributed by atoms with Crippen LogP contribution in [0.3, 0.4) is 0 Å². The lowest BCUT2D eigenvalue weighted by molar-refractivity contribution is -0.0760. The van der Waals surface area contributed by atoms with Crippen molar-refractivity contribution >= 4 is 34.7 Å². The van der Waals surface area contributed by atoms with E-state index in [9.17, 15) is 0 Å². The van der Waals surface area contributed by atoms with Gasteiger partial charge in [0.1, 0.15) is 11.3 Å². The van der Waals surface area contributed by atoms with E-state index in [2.05, 4.69) is 76.0 Å². The molecule has 2 N–H and O–H groups in total. The Morgan fingerprint density at radius 3 is 1.05 bits per heavy atom. The van der Waals surface area contributed by atoms with E-state index in [0.717, 1.165) is 10.2 Å². The molecule has 6 heteroatoms. The summed E-state index contributed by atoms with van der Waals surface area (Å²) in [5.41, 5.74) is -0.542. The maximum atomic E-state index is 5.76. The van der Waals surface area contributed by atoms with Gasteiger partial charge >= 0.3 is 0 Å². The number of hydrazine groups is 1. The van der Waals surface area contributed by atoms with Crippen molar-refractivity contribution in [1.82, 2.24) is 20.7 Å². The van der Waals surface area contributed by atoms with E-state index in [1.165, 1.54) is 0 Å². The third kappa shape index (κ3) is 1.99. The Hall–Kier alpha value is -0.620. The van der Waals surface area contributed by atoms with E-state index in [0.29, 0.717) is 23.7 Å². The van der Waals surface area contributed by atoms with Gasteiger partial charge in [0.2, 0.25) is 0 Å². The Bertz CT molecular complexity index is 425. The number of hydrogen-bond acceptors (Lipinski definition) is 2. The SMILES string of the molecule is CC(C)C1(C(C)C)NC(=S)N2N1C(=S)NC2(C(C)C)C(C)C. The van der Waals surface area contributed by atoms with Gasteiger partial charge in [-0.25, -0.2) is 10.0 Å². The van der Waals surface area contributed by atoms with Gasteiger partial charge < -0.3 is 10.6 Å². The fraction of sp³-hybridized carbons (Fsp3) is 0.875. The van der Waals surface area contributed by atoms with Crippen molar-refractivity contribution in [3.8, 4) is 0 Å². The molecule has 2 fully saturated rings. The van der Waals surface area contributed by atoms with Gasteiger partial charge in [0.05, 0.1) is 0 Å². The zero-order valence-electron chi connectivity index (χ0n) is 15.0. The standard InChI is InChI=1S/C16H30N4S2/c1-9(2)15(10(3)4)17-13(21)20-16(11(5)6,12(7)8)18-14(22)19(15)20/h9-12H,1-8H3,(H,17,21)(H,18,22). The number of thiocarbonyl (C=S) groups is 2. The average molecular weight is 343 g/mol. The van der Waals surface area contributed by atoms with Gasteiger partial charge in [-0.2, -0.15) is 0 Å². The minimum atomic E-state index is -0.271. The third-order valence-corrected chi connectivity index (χ3v) is 5.97. The molecule has 2 aliphatic rings. The molecule has 0 aromatic carbocycles. The molecule has 4 nitrogen and oxygen atoms in total. The minimum absolute atomic E-state index is 0.271. The van der Waals surface area contributed by atoms with Gasteiger partial charge in [0.15, 0.2) is 10.2 Å². The number of rotatable bonds is 4. The molecule has 0 bridgehead atoms. The predicted octanol–water partition coefficient (Wildman–Crippen LogP) is 3.30. The molecule has 2 aliphatic heterocycles. The Kier molecular flexibility index (Phi) is 4.41. The first kappa shape index (κ1) is 17.7. The Morgan fingerprint density at radius 1 is 0.636 bits per heavy atom. The second kappa shape index (κ2) is 5.48. The van der Waals surface area contributed by atoms with Gasteiger partial charge in [-0.3, -0.25) is 0 Å². The number of hydrogen-bond donors (Lipinski definition) is 2. The Morgan fingerprint density at radius 2 is 0.864 bits per heavy atom. The molecule has 0 aromatic heterocycles. The van der Waals surface area contributed by atoms with Gasteiger partial charge in [0, 0.05) is 0 Å². The zero-order chi connectivity index (χ0) is 17.0. The summed E-state index contributed by atoms with van der Waals surface area (Å²) in [6, 6.07) is 0. The molecule has 0 saturated carbocycles. The summed E-state index contributed by atoms with van der Waals surface area (Å²) >= 11 is 11.5. The molecule has 0 aromatic rings. The van der Waals surface area contributed by atoms with Crippen molar-refractivity contribution in [2.75, 3.05) is 0 Å². The quantitative estimate of drug-likeness (QED) is 0.762. The summed E-state index contributed by atoms with van der Waals surface area (Å²) in [5, 5.41) is 13.2. The van der Waals surface area contributed by atoms with Gasteiger partial charge in [-0.1, -0.05) is 55.4 Å². The summed E-state index contributed by atoms with van der Waals surface area (Å²) in [6.45, 7) is 17.8. The summed E-state index contributed by atoms with van der Waals surface area (Å²) < 4.78 is 0. The first-order chi connectivity index (χ1) is 10.0. The highest BCUT2D eigenvalue weighted by Crippen LogP contribution is 2.46. The van der Waals surface area contributed by atoms with E-state index >= 15 is 0 Å². The molecule has 0 aliphatic carbocycles. The van der Waals surface area contributed by atoms with Crippen LogP contribution in [-0.4, -0.2) is 31.6 Å². The van der Waals surface area contributed by atoms with Gasteiger partial charge in [-0.15, -0.1) is 0 Å². The molecule has 22 heavy (non-hydrogen) atoms. The zero-order valence-corrected chi connectivity index (χ0v) is 16.7. The fourth-order valence-electron chi connectivity index (χ4n) is 4.29. The molecule has 2 heterocycles. The highest BCUT2D eigenvalue weighted by molar-refractivity contribution is 7.80. The average Bonchev–Trinajstić information content (AvgIpc) is 2.86. The van der Waals surface area contributed by atoms with Crippen LogP contribution in [-0.2, 0) is 0 Å². The van der Waals surface area contributed by atoms with E-state index < -0.39 is 0 Å². The van der Waals surface area contributed by atoms with Crippen LogP contribution in [0.4, 0.5) is 0 Å². The normalized spacial score (nSPS) is 22.9. The topological polar surface area (TPSA) is 30.5 Å². The number of nitrogens with one attached hydrogen (secondary N) is 2. The van der Waals surface area contributed by atoms with Crippen LogP contribution in [0.1, 0.15) is 55.4 Å². The number of nitrogens with zero attached hydrogens (tertiary/aromatic N) is 2. The van der Waals surface area contributed by atoms with Crippen molar-refractivity contribution in [2.45, 2.75) is 66.7 Å². The third-order valence-electron chi connectivity index (χ3n) is 5.42. The van der Waals surface area contributed by atoms with Crippen molar-refractivity contribution < 1.29 is 0 Å². The summed E-state index contributed by atoms with van der Waals surface area (Å²) in [7, 11) is 0. The summed E-state index contributed by atoms with van der Waals surface area (Å²) in [5.74, 6) is 1.46. The molecule has 2 saturated heterocycles. The van der Waals surface area contributed by atoms with Gasteiger partial charge in [0.25, 0.3) is 0 Å². The highest BCUT2D eigenvalue weighted by Gasteiger charge is 2.64. The molecule has 0 radical (unpaired) electrons. The van der Waals surface area contributed by atoms with Gasteiger partial charge in [-0.05, 0) is 48.1 Å². The lowest BCUT2D eigenvalue weighted by atomic mass is 9.85. The minimum Gasteiger partial charge on any atom is -0.336 e. The fourth-order valence-corrected chi connectivity index (χ4v) is 5.08. The van der Waals surface area contributed by atoms with E-state index in [1.54, 1.807) is 0 Å². The lowest BCUT2D eigenvalue weighted by Gasteiger charge is -2.46. The van der Waals surface area contributed by atoms with Crippen LogP contribution in [0.15, 0.2) is 0 Å².